The molecule has 0 spiro atoms. The van der Waals surface area contributed by atoms with Gasteiger partial charge < -0.3 is 15.4 Å². The van der Waals surface area contributed by atoms with Crippen molar-refractivity contribution < 1.29 is 4.74 Å². The standard InChI is InChI=1S/C18H26N4OS/c1-4-23-12-16-7-5-15(6-8-16)11-21-18(19-3)20-10-9-17-13-24-14(2)22-17/h5-8,13H,4,9-12H2,1-3H3,(H2,19,20,21). The van der Waals surface area contributed by atoms with Crippen LogP contribution >= 0.6 is 11.3 Å². The molecule has 1 aromatic heterocycles. The molecular formula is C18H26N4OS. The van der Waals surface area contributed by atoms with E-state index in [-0.39, 0.29) is 0 Å². The van der Waals surface area contributed by atoms with Gasteiger partial charge in [0.05, 0.1) is 17.3 Å². The topological polar surface area (TPSA) is 58.5 Å². The average Bonchev–Trinajstić information content (AvgIpc) is 3.02. The minimum Gasteiger partial charge on any atom is -0.377 e. The van der Waals surface area contributed by atoms with E-state index in [0.717, 1.165) is 42.8 Å². The average molecular weight is 347 g/mol. The van der Waals surface area contributed by atoms with Crippen molar-refractivity contribution in [2.24, 2.45) is 4.99 Å². The second-order valence-corrected chi connectivity index (χ2v) is 6.48. The first-order valence-corrected chi connectivity index (χ1v) is 9.10. The summed E-state index contributed by atoms with van der Waals surface area (Å²) >= 11 is 1.69. The van der Waals surface area contributed by atoms with E-state index in [2.05, 4.69) is 50.3 Å². The lowest BCUT2D eigenvalue weighted by molar-refractivity contribution is 0.134. The SMILES string of the molecule is CCOCc1ccc(CNC(=NC)NCCc2csc(C)n2)cc1. The number of nitrogens with zero attached hydrogens (tertiary/aromatic N) is 2. The summed E-state index contributed by atoms with van der Waals surface area (Å²) in [5.74, 6) is 0.806. The van der Waals surface area contributed by atoms with Crippen molar-refractivity contribution in [1.29, 1.82) is 0 Å². The lowest BCUT2D eigenvalue weighted by Gasteiger charge is -2.12. The highest BCUT2D eigenvalue weighted by molar-refractivity contribution is 7.09. The van der Waals surface area contributed by atoms with Crippen molar-refractivity contribution in [2.75, 3.05) is 20.2 Å². The van der Waals surface area contributed by atoms with Crippen LogP contribution in [0.1, 0.15) is 28.8 Å². The highest BCUT2D eigenvalue weighted by Gasteiger charge is 2.01. The zero-order chi connectivity index (χ0) is 17.2. The normalized spacial score (nSPS) is 11.5. The number of aromatic nitrogens is 1. The molecule has 0 aliphatic carbocycles. The van der Waals surface area contributed by atoms with Crippen LogP contribution in [0.5, 0.6) is 0 Å². The van der Waals surface area contributed by atoms with Crippen molar-refractivity contribution in [3.8, 4) is 0 Å². The molecule has 0 atom stereocenters. The number of hydrogen-bond acceptors (Lipinski definition) is 4. The molecule has 6 heteroatoms. The Morgan fingerprint density at radius 2 is 1.96 bits per heavy atom. The molecule has 0 amide bonds. The fourth-order valence-corrected chi connectivity index (χ4v) is 2.86. The highest BCUT2D eigenvalue weighted by atomic mass is 32.1. The second-order valence-electron chi connectivity index (χ2n) is 5.41. The Morgan fingerprint density at radius 1 is 1.21 bits per heavy atom. The van der Waals surface area contributed by atoms with Crippen molar-refractivity contribution in [1.82, 2.24) is 15.6 Å². The van der Waals surface area contributed by atoms with E-state index in [4.69, 9.17) is 4.74 Å². The third-order valence-electron chi connectivity index (χ3n) is 3.52. The van der Waals surface area contributed by atoms with Gasteiger partial charge in [-0.25, -0.2) is 4.98 Å². The summed E-state index contributed by atoms with van der Waals surface area (Å²) in [7, 11) is 1.79. The Kier molecular flexibility index (Phi) is 7.71. The summed E-state index contributed by atoms with van der Waals surface area (Å²) in [4.78, 5) is 8.72. The number of aryl methyl sites for hydroxylation is 1. The smallest absolute Gasteiger partial charge is 0.191 e. The molecule has 2 rings (SSSR count). The zero-order valence-corrected chi connectivity index (χ0v) is 15.4. The number of ether oxygens (including phenoxy) is 1. The fraction of sp³-hybridized carbons (Fsp3) is 0.444. The van der Waals surface area contributed by atoms with E-state index >= 15 is 0 Å². The van der Waals surface area contributed by atoms with Crippen LogP contribution in [0.25, 0.3) is 0 Å². The van der Waals surface area contributed by atoms with Gasteiger partial charge in [-0.1, -0.05) is 24.3 Å². The summed E-state index contributed by atoms with van der Waals surface area (Å²) in [5, 5.41) is 9.87. The van der Waals surface area contributed by atoms with Crippen LogP contribution in [0.3, 0.4) is 0 Å². The Balaban J connectivity index is 1.72. The highest BCUT2D eigenvalue weighted by Crippen LogP contribution is 2.08. The Bertz CT molecular complexity index is 637. The number of guanidine groups is 1. The second kappa shape index (κ2) is 10.1. The molecule has 0 bridgehead atoms. The van der Waals surface area contributed by atoms with Crippen LogP contribution in [0, 0.1) is 6.92 Å². The molecule has 5 nitrogen and oxygen atoms in total. The molecule has 1 heterocycles. The van der Waals surface area contributed by atoms with Gasteiger partial charge in [0.1, 0.15) is 0 Å². The van der Waals surface area contributed by atoms with Crippen LogP contribution in [0.2, 0.25) is 0 Å². The number of benzene rings is 1. The lowest BCUT2D eigenvalue weighted by Crippen LogP contribution is -2.37. The number of hydrogen-bond donors (Lipinski definition) is 2. The molecule has 130 valence electrons. The van der Waals surface area contributed by atoms with Gasteiger partial charge in [0.15, 0.2) is 5.96 Å². The van der Waals surface area contributed by atoms with Gasteiger partial charge in [-0.15, -0.1) is 11.3 Å². The fourth-order valence-electron chi connectivity index (χ4n) is 2.21. The first-order valence-electron chi connectivity index (χ1n) is 8.22. The third-order valence-corrected chi connectivity index (χ3v) is 4.34. The molecule has 2 N–H and O–H groups in total. The first kappa shape index (κ1) is 18.4. The van der Waals surface area contributed by atoms with E-state index in [0.29, 0.717) is 6.61 Å². The monoisotopic (exact) mass is 346 g/mol. The van der Waals surface area contributed by atoms with Gasteiger partial charge in [0.2, 0.25) is 0 Å². The number of aliphatic imine (C=N–C) groups is 1. The number of nitrogens with one attached hydrogen (secondary N) is 2. The molecule has 0 saturated carbocycles. The van der Waals surface area contributed by atoms with E-state index in [1.807, 2.05) is 13.8 Å². The Labute approximate surface area is 148 Å². The zero-order valence-electron chi connectivity index (χ0n) is 14.6. The minimum absolute atomic E-state index is 0.670. The maximum absolute atomic E-state index is 5.41. The van der Waals surface area contributed by atoms with Crippen molar-refractivity contribution in [3.63, 3.8) is 0 Å². The Morgan fingerprint density at radius 3 is 2.58 bits per heavy atom. The summed E-state index contributed by atoms with van der Waals surface area (Å²) in [6.07, 6.45) is 0.900. The summed E-state index contributed by atoms with van der Waals surface area (Å²) in [5.41, 5.74) is 3.54. The molecule has 24 heavy (non-hydrogen) atoms. The molecular weight excluding hydrogens is 320 g/mol. The van der Waals surface area contributed by atoms with Crippen LogP contribution in [0.4, 0.5) is 0 Å². The van der Waals surface area contributed by atoms with Gasteiger partial charge in [-0.3, -0.25) is 4.99 Å². The molecule has 0 aliphatic rings. The molecule has 1 aromatic carbocycles. The molecule has 0 aliphatic heterocycles. The van der Waals surface area contributed by atoms with E-state index in [9.17, 15) is 0 Å². The van der Waals surface area contributed by atoms with Crippen molar-refractivity contribution in [3.05, 3.63) is 51.5 Å². The van der Waals surface area contributed by atoms with Gasteiger partial charge in [0.25, 0.3) is 0 Å². The van der Waals surface area contributed by atoms with Gasteiger partial charge >= 0.3 is 0 Å². The van der Waals surface area contributed by atoms with Gasteiger partial charge in [0, 0.05) is 38.5 Å². The molecule has 0 saturated heterocycles. The van der Waals surface area contributed by atoms with Crippen LogP contribution in [0.15, 0.2) is 34.6 Å². The largest absolute Gasteiger partial charge is 0.377 e. The van der Waals surface area contributed by atoms with Crippen molar-refractivity contribution >= 4 is 17.3 Å². The van der Waals surface area contributed by atoms with E-state index < -0.39 is 0 Å². The van der Waals surface area contributed by atoms with Crippen LogP contribution in [-0.4, -0.2) is 31.1 Å². The first-order chi connectivity index (χ1) is 11.7. The number of rotatable bonds is 8. The predicted molar refractivity (Wildman–Crippen MR) is 101 cm³/mol. The van der Waals surface area contributed by atoms with Gasteiger partial charge in [-0.2, -0.15) is 0 Å². The number of thiazole rings is 1. The van der Waals surface area contributed by atoms with E-state index in [1.54, 1.807) is 18.4 Å². The third kappa shape index (κ3) is 6.29. The maximum atomic E-state index is 5.41. The summed E-state index contributed by atoms with van der Waals surface area (Å²) < 4.78 is 5.41. The van der Waals surface area contributed by atoms with Crippen LogP contribution in [-0.2, 0) is 24.3 Å². The van der Waals surface area contributed by atoms with Crippen molar-refractivity contribution in [2.45, 2.75) is 33.4 Å². The Hall–Kier alpha value is -1.92. The summed E-state index contributed by atoms with van der Waals surface area (Å²) in [6, 6.07) is 8.44. The van der Waals surface area contributed by atoms with E-state index in [1.165, 1.54) is 11.1 Å². The predicted octanol–water partition coefficient (Wildman–Crippen LogP) is 2.90. The molecule has 2 aromatic rings. The van der Waals surface area contributed by atoms with Crippen LogP contribution < -0.4 is 10.6 Å². The van der Waals surface area contributed by atoms with Gasteiger partial charge in [-0.05, 0) is 25.0 Å². The summed E-state index contributed by atoms with van der Waals surface area (Å²) in [6.45, 7) is 7.00. The minimum atomic E-state index is 0.670. The quantitative estimate of drug-likeness (QED) is 0.570. The lowest BCUT2D eigenvalue weighted by atomic mass is 10.1. The molecule has 0 unspecified atom stereocenters. The molecule has 0 fully saturated rings. The maximum Gasteiger partial charge on any atom is 0.191 e. The molecule has 0 radical (unpaired) electrons.